The monoisotopic (exact) mass is 415 g/mol. The molecule has 0 saturated heterocycles. The standard InChI is InChI=1S/C17H17BrF3N3O/c1-10-14(18)15(17(19,20)21)22-24(10)11(2)16(25)23-8-7-12-5-3-4-6-13(12)9-23/h3-6,11H,7-9H2,1-2H3. The molecule has 1 aromatic heterocycles. The molecule has 1 atom stereocenters. The Morgan fingerprint density at radius 1 is 1.28 bits per heavy atom. The number of rotatable bonds is 2. The van der Waals surface area contributed by atoms with Crippen LogP contribution in [0, 0.1) is 6.92 Å². The zero-order chi connectivity index (χ0) is 18.4. The van der Waals surface area contributed by atoms with Crippen molar-refractivity contribution in [2.45, 2.75) is 39.0 Å². The first-order valence-corrected chi connectivity index (χ1v) is 8.67. The molecule has 1 unspecified atom stereocenters. The van der Waals surface area contributed by atoms with Gasteiger partial charge in [-0.2, -0.15) is 18.3 Å². The third kappa shape index (κ3) is 3.31. The van der Waals surface area contributed by atoms with Gasteiger partial charge < -0.3 is 4.90 Å². The fraction of sp³-hybridized carbons (Fsp3) is 0.412. The van der Waals surface area contributed by atoms with Crippen LogP contribution in [0.1, 0.15) is 35.5 Å². The van der Waals surface area contributed by atoms with Gasteiger partial charge in [0.2, 0.25) is 5.91 Å². The van der Waals surface area contributed by atoms with Crippen LogP contribution in [-0.2, 0) is 23.9 Å². The summed E-state index contributed by atoms with van der Waals surface area (Å²) in [5.41, 5.74) is 1.56. The van der Waals surface area contributed by atoms with Gasteiger partial charge >= 0.3 is 6.18 Å². The normalized spacial score (nSPS) is 15.8. The Hall–Kier alpha value is -1.83. The summed E-state index contributed by atoms with van der Waals surface area (Å²) in [4.78, 5) is 14.5. The van der Waals surface area contributed by atoms with Gasteiger partial charge in [-0.05, 0) is 47.3 Å². The van der Waals surface area contributed by atoms with Crippen LogP contribution in [0.3, 0.4) is 0 Å². The van der Waals surface area contributed by atoms with Gasteiger partial charge in [0.15, 0.2) is 5.69 Å². The van der Waals surface area contributed by atoms with Crippen molar-refractivity contribution in [3.05, 3.63) is 51.3 Å². The van der Waals surface area contributed by atoms with Crippen molar-refractivity contribution in [1.29, 1.82) is 0 Å². The molecular weight excluding hydrogens is 399 g/mol. The highest BCUT2D eigenvalue weighted by Gasteiger charge is 2.39. The number of carbonyl (C=O) groups is 1. The highest BCUT2D eigenvalue weighted by atomic mass is 79.9. The second-order valence-electron chi connectivity index (χ2n) is 6.14. The molecule has 2 aromatic rings. The third-order valence-electron chi connectivity index (χ3n) is 4.51. The minimum absolute atomic E-state index is 0.122. The fourth-order valence-corrected chi connectivity index (χ4v) is 3.60. The predicted molar refractivity (Wildman–Crippen MR) is 89.9 cm³/mol. The van der Waals surface area contributed by atoms with Crippen molar-refractivity contribution in [3.63, 3.8) is 0 Å². The Balaban J connectivity index is 1.85. The van der Waals surface area contributed by atoms with Gasteiger partial charge in [0.1, 0.15) is 6.04 Å². The molecule has 25 heavy (non-hydrogen) atoms. The Morgan fingerprint density at radius 2 is 1.92 bits per heavy atom. The molecular formula is C17H17BrF3N3O. The van der Waals surface area contributed by atoms with Crippen LogP contribution < -0.4 is 0 Å². The summed E-state index contributed by atoms with van der Waals surface area (Å²) in [6.07, 6.45) is -3.83. The number of amides is 1. The molecule has 1 aliphatic rings. The minimum atomic E-state index is -4.57. The van der Waals surface area contributed by atoms with Gasteiger partial charge in [-0.3, -0.25) is 9.48 Å². The van der Waals surface area contributed by atoms with E-state index >= 15 is 0 Å². The Morgan fingerprint density at radius 3 is 2.52 bits per heavy atom. The van der Waals surface area contributed by atoms with Crippen LogP contribution in [0.25, 0.3) is 0 Å². The van der Waals surface area contributed by atoms with Crippen molar-refractivity contribution in [3.8, 4) is 0 Å². The Bertz CT molecular complexity index is 816. The molecule has 0 aliphatic carbocycles. The molecule has 8 heteroatoms. The Labute approximate surface area is 151 Å². The van der Waals surface area contributed by atoms with E-state index in [2.05, 4.69) is 21.0 Å². The van der Waals surface area contributed by atoms with E-state index in [4.69, 9.17) is 0 Å². The van der Waals surface area contributed by atoms with Gasteiger partial charge in [0.05, 0.1) is 10.2 Å². The number of hydrogen-bond donors (Lipinski definition) is 0. The smallest absolute Gasteiger partial charge is 0.336 e. The predicted octanol–water partition coefficient (Wildman–Crippen LogP) is 4.12. The van der Waals surface area contributed by atoms with E-state index < -0.39 is 17.9 Å². The lowest BCUT2D eigenvalue weighted by atomic mass is 9.99. The molecule has 0 spiro atoms. The largest absolute Gasteiger partial charge is 0.436 e. The van der Waals surface area contributed by atoms with Crippen LogP contribution in [0.4, 0.5) is 13.2 Å². The molecule has 134 valence electrons. The zero-order valence-electron chi connectivity index (χ0n) is 13.8. The molecule has 1 aliphatic heterocycles. The van der Waals surface area contributed by atoms with E-state index in [0.717, 1.165) is 16.7 Å². The number of alkyl halides is 3. The van der Waals surface area contributed by atoms with E-state index in [1.807, 2.05) is 24.3 Å². The SMILES string of the molecule is Cc1c(Br)c(C(F)(F)F)nn1C(C)C(=O)N1CCc2ccccc2C1. The van der Waals surface area contributed by atoms with Gasteiger partial charge in [-0.1, -0.05) is 24.3 Å². The maximum atomic E-state index is 13.0. The fourth-order valence-electron chi connectivity index (χ4n) is 3.11. The number of aromatic nitrogens is 2. The molecule has 0 fully saturated rings. The highest BCUT2D eigenvalue weighted by molar-refractivity contribution is 9.10. The first-order valence-electron chi connectivity index (χ1n) is 7.87. The van der Waals surface area contributed by atoms with Gasteiger partial charge in [-0.15, -0.1) is 0 Å². The van der Waals surface area contributed by atoms with Gasteiger partial charge in [0, 0.05) is 13.1 Å². The molecule has 3 rings (SSSR count). The van der Waals surface area contributed by atoms with Crippen LogP contribution in [0.2, 0.25) is 0 Å². The average molecular weight is 416 g/mol. The van der Waals surface area contributed by atoms with E-state index in [1.54, 1.807) is 11.8 Å². The Kier molecular flexibility index (Phi) is 4.66. The maximum Gasteiger partial charge on any atom is 0.436 e. The lowest BCUT2D eigenvalue weighted by Crippen LogP contribution is -2.40. The number of carbonyl (C=O) groups excluding carboxylic acids is 1. The van der Waals surface area contributed by atoms with Crippen LogP contribution >= 0.6 is 15.9 Å². The summed E-state index contributed by atoms with van der Waals surface area (Å²) in [6, 6.07) is 7.07. The lowest BCUT2D eigenvalue weighted by Gasteiger charge is -2.31. The summed E-state index contributed by atoms with van der Waals surface area (Å²) in [5, 5.41) is 3.64. The molecule has 0 saturated carbocycles. The molecule has 2 heterocycles. The lowest BCUT2D eigenvalue weighted by molar-refractivity contribution is -0.143. The summed E-state index contributed by atoms with van der Waals surface area (Å²) >= 11 is 2.94. The molecule has 1 aromatic carbocycles. The van der Waals surface area contributed by atoms with Crippen LogP contribution in [0.15, 0.2) is 28.7 Å². The zero-order valence-corrected chi connectivity index (χ0v) is 15.4. The van der Waals surface area contributed by atoms with Crippen molar-refractivity contribution in [1.82, 2.24) is 14.7 Å². The van der Waals surface area contributed by atoms with Crippen molar-refractivity contribution in [2.75, 3.05) is 6.54 Å². The first kappa shape index (κ1) is 18.0. The minimum Gasteiger partial charge on any atom is -0.336 e. The second-order valence-corrected chi connectivity index (χ2v) is 6.94. The quantitative estimate of drug-likeness (QED) is 0.739. The summed E-state index contributed by atoms with van der Waals surface area (Å²) in [5.74, 6) is -0.235. The maximum absolute atomic E-state index is 13.0. The number of hydrogen-bond acceptors (Lipinski definition) is 2. The van der Waals surface area contributed by atoms with Crippen molar-refractivity contribution in [2.24, 2.45) is 0 Å². The topological polar surface area (TPSA) is 38.1 Å². The molecule has 0 N–H and O–H groups in total. The van der Waals surface area contributed by atoms with Crippen LogP contribution in [0.5, 0.6) is 0 Å². The van der Waals surface area contributed by atoms with E-state index in [1.165, 1.54) is 12.5 Å². The number of fused-ring (bicyclic) bond motifs is 1. The van der Waals surface area contributed by atoms with E-state index in [0.29, 0.717) is 13.1 Å². The van der Waals surface area contributed by atoms with Crippen LogP contribution in [-0.4, -0.2) is 27.1 Å². The third-order valence-corrected chi connectivity index (χ3v) is 5.46. The number of nitrogens with zero attached hydrogens (tertiary/aromatic N) is 3. The van der Waals surface area contributed by atoms with Gasteiger partial charge in [0.25, 0.3) is 0 Å². The van der Waals surface area contributed by atoms with E-state index in [9.17, 15) is 18.0 Å². The van der Waals surface area contributed by atoms with Gasteiger partial charge in [-0.25, -0.2) is 0 Å². The summed E-state index contributed by atoms with van der Waals surface area (Å²) < 4.78 is 40.1. The number of halogens is 4. The average Bonchev–Trinajstić information content (AvgIpc) is 2.88. The number of benzene rings is 1. The van der Waals surface area contributed by atoms with E-state index in [-0.39, 0.29) is 16.1 Å². The highest BCUT2D eigenvalue weighted by Crippen LogP contribution is 2.36. The summed E-state index contributed by atoms with van der Waals surface area (Å²) in [7, 11) is 0. The molecule has 4 nitrogen and oxygen atoms in total. The second kappa shape index (κ2) is 6.48. The first-order chi connectivity index (χ1) is 11.7. The van der Waals surface area contributed by atoms with Crippen molar-refractivity contribution >= 4 is 21.8 Å². The van der Waals surface area contributed by atoms with Crippen molar-refractivity contribution < 1.29 is 18.0 Å². The molecule has 1 amide bonds. The molecule has 0 bridgehead atoms. The molecule has 0 radical (unpaired) electrons. The summed E-state index contributed by atoms with van der Waals surface area (Å²) in [6.45, 7) is 4.11.